The zero-order valence-corrected chi connectivity index (χ0v) is 8.50. The van der Waals surface area contributed by atoms with E-state index in [4.69, 9.17) is 5.11 Å². The minimum absolute atomic E-state index is 0.0732. The molecule has 0 saturated heterocycles. The van der Waals surface area contributed by atoms with E-state index in [2.05, 4.69) is 0 Å². The van der Waals surface area contributed by atoms with Crippen LogP contribution in [0.1, 0.15) is 33.6 Å². The lowest BCUT2D eigenvalue weighted by Crippen LogP contribution is -2.39. The van der Waals surface area contributed by atoms with E-state index in [9.17, 15) is 9.90 Å². The van der Waals surface area contributed by atoms with Crippen LogP contribution in [0.2, 0.25) is 0 Å². The molecule has 3 nitrogen and oxygen atoms in total. The quantitative estimate of drug-likeness (QED) is 0.687. The maximum Gasteiger partial charge on any atom is 0.307 e. The van der Waals surface area contributed by atoms with Crippen LogP contribution in [-0.2, 0) is 4.79 Å². The monoisotopic (exact) mass is 186 g/mol. The molecule has 0 radical (unpaired) electrons. The van der Waals surface area contributed by atoms with Gasteiger partial charge in [-0.2, -0.15) is 0 Å². The fourth-order valence-electron chi connectivity index (χ4n) is 2.28. The molecular weight excluding hydrogens is 168 g/mol. The summed E-state index contributed by atoms with van der Waals surface area (Å²) in [4.78, 5) is 10.9. The van der Waals surface area contributed by atoms with Crippen LogP contribution in [0.3, 0.4) is 0 Å². The van der Waals surface area contributed by atoms with Gasteiger partial charge < -0.3 is 10.2 Å². The molecule has 3 heteroatoms. The Morgan fingerprint density at radius 1 is 1.46 bits per heavy atom. The summed E-state index contributed by atoms with van der Waals surface area (Å²) in [5, 5.41) is 18.3. The molecule has 0 aromatic carbocycles. The van der Waals surface area contributed by atoms with Crippen molar-refractivity contribution in [3.05, 3.63) is 0 Å². The summed E-state index contributed by atoms with van der Waals surface area (Å²) in [6, 6.07) is 0. The Morgan fingerprint density at radius 3 is 2.23 bits per heavy atom. The average molecular weight is 186 g/mol. The lowest BCUT2D eigenvalue weighted by Gasteiger charge is -2.39. The van der Waals surface area contributed by atoms with Crippen molar-refractivity contribution in [1.29, 1.82) is 0 Å². The number of carboxylic acids is 1. The van der Waals surface area contributed by atoms with Gasteiger partial charge in [0, 0.05) is 6.61 Å². The van der Waals surface area contributed by atoms with Crippen molar-refractivity contribution in [2.45, 2.75) is 33.6 Å². The molecule has 2 N–H and O–H groups in total. The van der Waals surface area contributed by atoms with E-state index >= 15 is 0 Å². The molecule has 2 atom stereocenters. The summed E-state index contributed by atoms with van der Waals surface area (Å²) >= 11 is 0. The number of hydrogen-bond acceptors (Lipinski definition) is 2. The van der Waals surface area contributed by atoms with Crippen molar-refractivity contribution in [2.24, 2.45) is 16.7 Å². The number of aliphatic carboxylic acids is 1. The Bertz CT molecular complexity index is 222. The normalized spacial score (nSPS) is 37.7. The number of aliphatic hydroxyl groups excluding tert-OH is 1. The van der Waals surface area contributed by atoms with Gasteiger partial charge in [0.2, 0.25) is 0 Å². The molecule has 0 aromatic heterocycles. The first-order valence-electron chi connectivity index (χ1n) is 4.69. The van der Waals surface area contributed by atoms with E-state index in [1.165, 1.54) is 0 Å². The van der Waals surface area contributed by atoms with E-state index in [0.717, 1.165) is 6.42 Å². The molecular formula is C10H18O3. The van der Waals surface area contributed by atoms with E-state index in [-0.39, 0.29) is 23.4 Å². The van der Waals surface area contributed by atoms with Crippen molar-refractivity contribution in [2.75, 3.05) is 6.61 Å². The Labute approximate surface area is 78.8 Å². The van der Waals surface area contributed by atoms with Crippen molar-refractivity contribution < 1.29 is 15.0 Å². The van der Waals surface area contributed by atoms with Crippen LogP contribution in [0.5, 0.6) is 0 Å². The summed E-state index contributed by atoms with van der Waals surface area (Å²) in [6.07, 6.45) is 1.48. The highest BCUT2D eigenvalue weighted by molar-refractivity contribution is 5.71. The molecule has 0 amide bonds. The molecule has 1 rings (SSSR count). The van der Waals surface area contributed by atoms with Crippen LogP contribution in [0, 0.1) is 16.7 Å². The molecule has 1 fully saturated rings. The lowest BCUT2D eigenvalue weighted by atomic mass is 9.66. The fraction of sp³-hybridized carbons (Fsp3) is 0.900. The third-order valence-electron chi connectivity index (χ3n) is 4.06. The Kier molecular flexibility index (Phi) is 2.41. The second-order valence-corrected chi connectivity index (χ2v) is 4.87. The predicted octanol–water partition coefficient (Wildman–Crippen LogP) is 1.51. The van der Waals surface area contributed by atoms with Crippen LogP contribution in [0.15, 0.2) is 0 Å². The summed E-state index contributed by atoms with van der Waals surface area (Å²) < 4.78 is 0. The standard InChI is InChI=1S/C10H18O3/c1-9(2)7(8(12)13)4-5-10(9,3)6-11/h7,11H,4-6H2,1-3H3,(H,12,13). The van der Waals surface area contributed by atoms with Crippen molar-refractivity contribution in [1.82, 2.24) is 0 Å². The van der Waals surface area contributed by atoms with E-state index in [0.29, 0.717) is 6.42 Å². The topological polar surface area (TPSA) is 57.5 Å². The molecule has 13 heavy (non-hydrogen) atoms. The van der Waals surface area contributed by atoms with Gasteiger partial charge in [-0.25, -0.2) is 0 Å². The maximum absolute atomic E-state index is 10.9. The number of aliphatic hydroxyl groups is 1. The van der Waals surface area contributed by atoms with E-state index < -0.39 is 5.97 Å². The molecule has 0 aliphatic heterocycles. The summed E-state index contributed by atoms with van der Waals surface area (Å²) in [5.41, 5.74) is -0.552. The maximum atomic E-state index is 10.9. The van der Waals surface area contributed by atoms with Gasteiger partial charge in [-0.15, -0.1) is 0 Å². The Morgan fingerprint density at radius 2 is 2.00 bits per heavy atom. The smallest absolute Gasteiger partial charge is 0.307 e. The minimum atomic E-state index is -0.734. The highest BCUT2D eigenvalue weighted by Crippen LogP contribution is 2.55. The number of carbonyl (C=O) groups is 1. The zero-order valence-electron chi connectivity index (χ0n) is 8.50. The third-order valence-corrected chi connectivity index (χ3v) is 4.06. The molecule has 76 valence electrons. The van der Waals surface area contributed by atoms with Crippen LogP contribution >= 0.6 is 0 Å². The summed E-state index contributed by atoms with van der Waals surface area (Å²) in [6.45, 7) is 5.92. The molecule has 0 spiro atoms. The first-order chi connectivity index (χ1) is 5.85. The van der Waals surface area contributed by atoms with Gasteiger partial charge in [-0.3, -0.25) is 4.79 Å². The molecule has 0 aromatic rings. The van der Waals surface area contributed by atoms with Crippen LogP contribution in [0.25, 0.3) is 0 Å². The van der Waals surface area contributed by atoms with Crippen LogP contribution in [-0.4, -0.2) is 22.8 Å². The van der Waals surface area contributed by atoms with Gasteiger partial charge in [0.15, 0.2) is 0 Å². The largest absolute Gasteiger partial charge is 0.481 e. The highest BCUT2D eigenvalue weighted by atomic mass is 16.4. The predicted molar refractivity (Wildman–Crippen MR) is 49.3 cm³/mol. The van der Waals surface area contributed by atoms with Crippen molar-refractivity contribution >= 4 is 5.97 Å². The Hall–Kier alpha value is -0.570. The van der Waals surface area contributed by atoms with Crippen LogP contribution < -0.4 is 0 Å². The van der Waals surface area contributed by atoms with Gasteiger partial charge in [-0.05, 0) is 23.7 Å². The van der Waals surface area contributed by atoms with Gasteiger partial charge >= 0.3 is 5.97 Å². The van der Waals surface area contributed by atoms with Gasteiger partial charge in [-0.1, -0.05) is 20.8 Å². The molecule has 2 unspecified atom stereocenters. The van der Waals surface area contributed by atoms with E-state index in [1.807, 2.05) is 20.8 Å². The van der Waals surface area contributed by atoms with Gasteiger partial charge in [0.05, 0.1) is 5.92 Å². The van der Waals surface area contributed by atoms with Crippen LogP contribution in [0.4, 0.5) is 0 Å². The van der Waals surface area contributed by atoms with Crippen molar-refractivity contribution in [3.63, 3.8) is 0 Å². The van der Waals surface area contributed by atoms with Gasteiger partial charge in [0.25, 0.3) is 0 Å². The number of hydrogen-bond donors (Lipinski definition) is 2. The fourth-order valence-corrected chi connectivity index (χ4v) is 2.28. The number of rotatable bonds is 2. The van der Waals surface area contributed by atoms with Gasteiger partial charge in [0.1, 0.15) is 0 Å². The molecule has 0 heterocycles. The lowest BCUT2D eigenvalue weighted by molar-refractivity contribution is -0.146. The second kappa shape index (κ2) is 2.98. The summed E-state index contributed by atoms with van der Waals surface area (Å²) in [5.74, 6) is -1.05. The molecule has 1 aliphatic carbocycles. The molecule has 1 saturated carbocycles. The average Bonchev–Trinajstić information content (AvgIpc) is 2.24. The minimum Gasteiger partial charge on any atom is -0.481 e. The SMILES string of the molecule is CC1(CO)CCC(C(=O)O)C1(C)C. The Balaban J connectivity index is 2.95. The zero-order chi connectivity index (χ0) is 10.3. The third kappa shape index (κ3) is 1.35. The summed E-state index contributed by atoms with van der Waals surface area (Å²) in [7, 11) is 0. The number of carboxylic acid groups (broad SMARTS) is 1. The van der Waals surface area contributed by atoms with Crippen molar-refractivity contribution in [3.8, 4) is 0 Å². The molecule has 0 bridgehead atoms. The first-order valence-corrected chi connectivity index (χ1v) is 4.69. The van der Waals surface area contributed by atoms with E-state index in [1.54, 1.807) is 0 Å². The molecule has 1 aliphatic rings. The first kappa shape index (κ1) is 10.5. The second-order valence-electron chi connectivity index (χ2n) is 4.87. The highest BCUT2D eigenvalue weighted by Gasteiger charge is 2.53.